The van der Waals surface area contributed by atoms with Gasteiger partial charge in [0.2, 0.25) is 0 Å². The Kier molecular flexibility index (Phi) is 6.82. The summed E-state index contributed by atoms with van der Waals surface area (Å²) < 4.78 is 7.29. The number of halogens is 2. The lowest BCUT2D eigenvalue weighted by atomic mass is 10.1. The number of hydrogen-bond donors (Lipinski definition) is 1. The maximum atomic E-state index is 12.5. The molecule has 0 fully saturated rings. The van der Waals surface area contributed by atoms with Gasteiger partial charge in [-0.05, 0) is 66.6 Å². The van der Waals surface area contributed by atoms with E-state index < -0.39 is 0 Å². The number of aryl methyl sites for hydroxylation is 1. The molecule has 0 aliphatic heterocycles. The second kappa shape index (κ2) is 9.94. The molecule has 0 atom stereocenters. The van der Waals surface area contributed by atoms with Gasteiger partial charge < -0.3 is 9.30 Å². The Morgan fingerprint density at radius 1 is 0.970 bits per heavy atom. The fourth-order valence-electron chi connectivity index (χ4n) is 3.56. The molecular formula is C26H21Cl2N3O2. The lowest BCUT2D eigenvalue weighted by Gasteiger charge is -2.12. The minimum absolute atomic E-state index is 0.323. The highest BCUT2D eigenvalue weighted by atomic mass is 35.5. The third-order valence-electron chi connectivity index (χ3n) is 5.14. The number of carbonyl (C=O) groups excluding carboxylic acids is 1. The van der Waals surface area contributed by atoms with Crippen LogP contribution < -0.4 is 10.2 Å². The normalized spacial score (nSPS) is 11.0. The Bertz CT molecular complexity index is 1290. The summed E-state index contributed by atoms with van der Waals surface area (Å²) in [7, 11) is 1.49. The van der Waals surface area contributed by atoms with Crippen molar-refractivity contribution in [2.75, 3.05) is 7.11 Å². The molecule has 0 bridgehead atoms. The Hall–Kier alpha value is -3.54. The van der Waals surface area contributed by atoms with Crippen LogP contribution in [0.4, 0.5) is 0 Å². The second-order valence-corrected chi connectivity index (χ2v) is 8.14. The molecule has 4 rings (SSSR count). The van der Waals surface area contributed by atoms with Gasteiger partial charge in [0, 0.05) is 16.9 Å². The molecule has 5 nitrogen and oxygen atoms in total. The van der Waals surface area contributed by atoms with E-state index in [1.807, 2.05) is 30.3 Å². The molecule has 0 saturated heterocycles. The average Bonchev–Trinajstić information content (AvgIpc) is 3.21. The number of carbonyl (C=O) groups is 1. The summed E-state index contributed by atoms with van der Waals surface area (Å²) in [4.78, 5) is 12.5. The highest BCUT2D eigenvalue weighted by Gasteiger charge is 2.11. The number of nitrogens with one attached hydrogen (secondary N) is 1. The minimum atomic E-state index is -0.323. The van der Waals surface area contributed by atoms with E-state index in [4.69, 9.17) is 27.9 Å². The predicted molar refractivity (Wildman–Crippen MR) is 134 cm³/mol. The SMILES string of the molecule is COc1c(Cl)cc(C=NNC(=O)c2ccc(-n3c(C)ccc3-c3ccccc3)cc2)cc1Cl. The van der Waals surface area contributed by atoms with Crippen molar-refractivity contribution < 1.29 is 9.53 Å². The Morgan fingerprint density at radius 2 is 1.64 bits per heavy atom. The summed E-state index contributed by atoms with van der Waals surface area (Å²) in [6, 6.07) is 25.1. The lowest BCUT2D eigenvalue weighted by molar-refractivity contribution is 0.0955. The van der Waals surface area contributed by atoms with Crippen LogP contribution in [0, 0.1) is 6.92 Å². The molecule has 0 aliphatic carbocycles. The first-order valence-electron chi connectivity index (χ1n) is 10.2. The zero-order chi connectivity index (χ0) is 23.4. The van der Waals surface area contributed by atoms with E-state index in [9.17, 15) is 4.79 Å². The zero-order valence-corrected chi connectivity index (χ0v) is 19.6. The van der Waals surface area contributed by atoms with Gasteiger partial charge in [0.25, 0.3) is 5.91 Å². The smallest absolute Gasteiger partial charge is 0.271 e. The largest absolute Gasteiger partial charge is 0.494 e. The average molecular weight is 478 g/mol. The molecule has 0 saturated carbocycles. The Labute approximate surface area is 202 Å². The predicted octanol–water partition coefficient (Wildman–Crippen LogP) is 6.53. The molecule has 1 amide bonds. The maximum Gasteiger partial charge on any atom is 0.271 e. The number of ether oxygens (including phenoxy) is 1. The molecule has 0 spiro atoms. The van der Waals surface area contributed by atoms with E-state index >= 15 is 0 Å². The molecule has 7 heteroatoms. The van der Waals surface area contributed by atoms with E-state index in [1.54, 1.807) is 24.3 Å². The summed E-state index contributed by atoms with van der Waals surface area (Å²) in [5, 5.41) is 4.74. The van der Waals surface area contributed by atoms with Crippen LogP contribution in [-0.4, -0.2) is 23.8 Å². The number of rotatable bonds is 6. The van der Waals surface area contributed by atoms with E-state index in [0.717, 1.165) is 22.6 Å². The maximum absolute atomic E-state index is 12.5. The van der Waals surface area contributed by atoms with Gasteiger partial charge in [-0.15, -0.1) is 0 Å². The van der Waals surface area contributed by atoms with E-state index in [-0.39, 0.29) is 5.91 Å². The Morgan fingerprint density at radius 3 is 2.27 bits per heavy atom. The molecule has 1 aromatic heterocycles. The van der Waals surface area contributed by atoms with Crippen LogP contribution in [0.15, 0.2) is 84.0 Å². The van der Waals surface area contributed by atoms with Crippen molar-refractivity contribution in [1.29, 1.82) is 0 Å². The zero-order valence-electron chi connectivity index (χ0n) is 18.0. The fourth-order valence-corrected chi connectivity index (χ4v) is 4.21. The number of hydrogen-bond acceptors (Lipinski definition) is 3. The van der Waals surface area contributed by atoms with Crippen LogP contribution in [0.1, 0.15) is 21.6 Å². The summed E-state index contributed by atoms with van der Waals surface area (Å²) in [5.41, 5.74) is 7.94. The number of aromatic nitrogens is 1. The van der Waals surface area contributed by atoms with Crippen molar-refractivity contribution in [3.05, 3.63) is 106 Å². The first-order valence-corrected chi connectivity index (χ1v) is 10.9. The molecular weight excluding hydrogens is 457 g/mol. The molecule has 1 N–H and O–H groups in total. The highest BCUT2D eigenvalue weighted by Crippen LogP contribution is 2.33. The summed E-state index contributed by atoms with van der Waals surface area (Å²) >= 11 is 12.3. The van der Waals surface area contributed by atoms with Crippen LogP contribution >= 0.6 is 23.2 Å². The molecule has 4 aromatic rings. The minimum Gasteiger partial charge on any atom is -0.494 e. The molecule has 0 radical (unpaired) electrons. The molecule has 0 unspecified atom stereocenters. The monoisotopic (exact) mass is 477 g/mol. The highest BCUT2D eigenvalue weighted by molar-refractivity contribution is 6.37. The molecule has 166 valence electrons. The number of methoxy groups -OCH3 is 1. The molecule has 0 aliphatic rings. The van der Waals surface area contributed by atoms with Crippen molar-refractivity contribution in [3.8, 4) is 22.7 Å². The fraction of sp³-hybridized carbons (Fsp3) is 0.0769. The van der Waals surface area contributed by atoms with Crippen LogP contribution in [-0.2, 0) is 0 Å². The van der Waals surface area contributed by atoms with Crippen LogP contribution in [0.5, 0.6) is 5.75 Å². The van der Waals surface area contributed by atoms with Crippen molar-refractivity contribution in [1.82, 2.24) is 9.99 Å². The number of amides is 1. The van der Waals surface area contributed by atoms with Crippen molar-refractivity contribution in [3.63, 3.8) is 0 Å². The van der Waals surface area contributed by atoms with Gasteiger partial charge in [0.15, 0.2) is 5.75 Å². The first-order chi connectivity index (χ1) is 16.0. The number of benzene rings is 3. The van der Waals surface area contributed by atoms with E-state index in [1.165, 1.54) is 13.3 Å². The quantitative estimate of drug-likeness (QED) is 0.253. The van der Waals surface area contributed by atoms with Crippen molar-refractivity contribution in [2.45, 2.75) is 6.92 Å². The van der Waals surface area contributed by atoms with E-state index in [0.29, 0.717) is 26.9 Å². The van der Waals surface area contributed by atoms with Gasteiger partial charge in [-0.25, -0.2) is 5.43 Å². The Balaban J connectivity index is 1.49. The van der Waals surface area contributed by atoms with Crippen LogP contribution in [0.25, 0.3) is 16.9 Å². The van der Waals surface area contributed by atoms with Crippen LogP contribution in [0.2, 0.25) is 10.0 Å². The van der Waals surface area contributed by atoms with Gasteiger partial charge in [-0.1, -0.05) is 53.5 Å². The third kappa shape index (κ3) is 4.95. The van der Waals surface area contributed by atoms with E-state index in [2.05, 4.69) is 46.3 Å². The first kappa shape index (κ1) is 22.6. The molecule has 3 aromatic carbocycles. The van der Waals surface area contributed by atoms with Gasteiger partial charge in [-0.3, -0.25) is 4.79 Å². The van der Waals surface area contributed by atoms with Gasteiger partial charge in [-0.2, -0.15) is 5.10 Å². The summed E-state index contributed by atoms with van der Waals surface area (Å²) in [6.07, 6.45) is 1.47. The lowest BCUT2D eigenvalue weighted by Crippen LogP contribution is -2.17. The molecule has 33 heavy (non-hydrogen) atoms. The van der Waals surface area contributed by atoms with Crippen molar-refractivity contribution in [2.24, 2.45) is 5.10 Å². The molecule has 1 heterocycles. The summed E-state index contributed by atoms with van der Waals surface area (Å²) in [5.74, 6) is 0.0731. The second-order valence-electron chi connectivity index (χ2n) is 7.33. The van der Waals surface area contributed by atoms with Gasteiger partial charge in [0.1, 0.15) is 0 Å². The van der Waals surface area contributed by atoms with Crippen molar-refractivity contribution >= 4 is 35.3 Å². The topological polar surface area (TPSA) is 55.6 Å². The number of hydrazone groups is 1. The number of nitrogens with zero attached hydrogens (tertiary/aromatic N) is 2. The van der Waals surface area contributed by atoms with Crippen LogP contribution in [0.3, 0.4) is 0 Å². The standard InChI is InChI=1S/C26H21Cl2N3O2/c1-17-8-13-24(19-6-4-3-5-7-19)31(17)21-11-9-20(10-12-21)26(32)30-29-16-18-14-22(27)25(33-2)23(28)15-18/h3-16H,1-2H3,(H,30,32). The van der Waals surface area contributed by atoms with Gasteiger partial charge in [0.05, 0.1) is 29.1 Å². The third-order valence-corrected chi connectivity index (χ3v) is 5.70. The van der Waals surface area contributed by atoms with Gasteiger partial charge >= 0.3 is 0 Å². The summed E-state index contributed by atoms with van der Waals surface area (Å²) in [6.45, 7) is 2.06.